The highest BCUT2D eigenvalue weighted by atomic mass is 16.7. The summed E-state index contributed by atoms with van der Waals surface area (Å²) in [4.78, 5) is 51.0. The second-order valence-corrected chi connectivity index (χ2v) is 10.3. The molecule has 1 rings (SSSR count). The van der Waals surface area contributed by atoms with Crippen LogP contribution < -0.4 is 0 Å². The topological polar surface area (TPSA) is 114 Å². The van der Waals surface area contributed by atoms with Gasteiger partial charge in [-0.1, -0.05) is 85.0 Å². The summed E-state index contributed by atoms with van der Waals surface area (Å²) in [6.07, 6.45) is 9.27. The van der Waals surface area contributed by atoms with E-state index in [1.807, 2.05) is 27.7 Å². The second kappa shape index (κ2) is 21.2. The Balaban J connectivity index is 3.30. The predicted octanol–water partition coefficient (Wildman–Crippen LogP) is 5.94. The number of rotatable bonds is 20. The van der Waals surface area contributed by atoms with Crippen LogP contribution >= 0.6 is 0 Å². The van der Waals surface area contributed by atoms with Gasteiger partial charge in [0.05, 0.1) is 0 Å². The summed E-state index contributed by atoms with van der Waals surface area (Å²) >= 11 is 0. The Morgan fingerprint density at radius 2 is 0.900 bits per heavy atom. The number of unbranched alkanes of at least 4 members (excludes halogenated alkanes) is 8. The summed E-state index contributed by atoms with van der Waals surface area (Å²) in [7, 11) is 0. The van der Waals surface area contributed by atoms with Crippen LogP contribution in [0.15, 0.2) is 0 Å². The van der Waals surface area contributed by atoms with Gasteiger partial charge in [0.15, 0.2) is 18.3 Å². The van der Waals surface area contributed by atoms with Crippen LogP contribution in [0.1, 0.15) is 130 Å². The Hall–Kier alpha value is -2.60. The predicted molar refractivity (Wildman–Crippen MR) is 150 cm³/mol. The van der Waals surface area contributed by atoms with Gasteiger partial charge in [0.2, 0.25) is 12.4 Å². The second-order valence-electron chi connectivity index (χ2n) is 10.3. The first kappa shape index (κ1) is 35.4. The minimum absolute atomic E-state index is 0.124. The fourth-order valence-electron chi connectivity index (χ4n) is 4.33. The van der Waals surface area contributed by atoms with Crippen molar-refractivity contribution in [3.63, 3.8) is 0 Å². The van der Waals surface area contributed by atoms with Crippen LogP contribution in [0.3, 0.4) is 0 Å². The van der Waals surface area contributed by atoms with E-state index >= 15 is 0 Å². The van der Waals surface area contributed by atoms with Crippen molar-refractivity contribution in [3.8, 4) is 12.3 Å². The molecule has 0 bridgehead atoms. The first-order chi connectivity index (χ1) is 19.3. The van der Waals surface area contributed by atoms with E-state index in [0.717, 1.165) is 51.4 Å². The number of carbonyl (C=O) groups is 4. The van der Waals surface area contributed by atoms with Gasteiger partial charge in [0, 0.05) is 25.7 Å². The average Bonchev–Trinajstić information content (AvgIpc) is 2.92. The number of carbonyl (C=O) groups excluding carboxylic acids is 4. The van der Waals surface area contributed by atoms with Crippen molar-refractivity contribution in [3.05, 3.63) is 0 Å². The van der Waals surface area contributed by atoms with Crippen LogP contribution in [0.25, 0.3) is 0 Å². The number of terminal acetylenes is 1. The standard InChI is InChI=1S/C31H50O9/c1-6-11-15-19-24(32)37-28-23(10-5)36-31(40-27(35)22-18-14-9-4)30(39-26(34)21-17-13-8-3)29(28)38-25(33)20-16-12-7-2/h5,23,28-31H,6-9,11-22H2,1-4H3/t23-,28+,29+,30+,31?/m0/s1. The molecular weight excluding hydrogens is 516 g/mol. The van der Waals surface area contributed by atoms with Gasteiger partial charge >= 0.3 is 23.9 Å². The van der Waals surface area contributed by atoms with Crippen LogP contribution in [0.4, 0.5) is 0 Å². The first-order valence-corrected chi connectivity index (χ1v) is 15.2. The number of ether oxygens (including phenoxy) is 5. The quantitative estimate of drug-likeness (QED) is 0.0764. The van der Waals surface area contributed by atoms with Crippen molar-refractivity contribution >= 4 is 23.9 Å². The third-order valence-corrected chi connectivity index (χ3v) is 6.65. The number of esters is 4. The lowest BCUT2D eigenvalue weighted by Gasteiger charge is -2.42. The van der Waals surface area contributed by atoms with Gasteiger partial charge in [0.1, 0.15) is 0 Å². The van der Waals surface area contributed by atoms with Crippen molar-refractivity contribution in [2.45, 2.75) is 161 Å². The highest BCUT2D eigenvalue weighted by Gasteiger charge is 2.53. The molecule has 1 aliphatic rings. The first-order valence-electron chi connectivity index (χ1n) is 15.2. The minimum Gasteiger partial charge on any atom is -0.454 e. The maximum absolute atomic E-state index is 12.9. The maximum atomic E-state index is 12.9. The summed E-state index contributed by atoms with van der Waals surface area (Å²) in [6.45, 7) is 8.07. The van der Waals surface area contributed by atoms with E-state index in [0.29, 0.717) is 25.7 Å². The molecule has 1 aliphatic heterocycles. The Bertz CT molecular complexity index is 803. The zero-order valence-electron chi connectivity index (χ0n) is 25.0. The van der Waals surface area contributed by atoms with E-state index < -0.39 is 54.6 Å². The Kier molecular flexibility index (Phi) is 18.8. The highest BCUT2D eigenvalue weighted by molar-refractivity contribution is 5.72. The zero-order chi connectivity index (χ0) is 29.8. The third kappa shape index (κ3) is 13.6. The molecule has 1 heterocycles. The Morgan fingerprint density at radius 3 is 1.27 bits per heavy atom. The van der Waals surface area contributed by atoms with E-state index in [4.69, 9.17) is 30.1 Å². The molecule has 0 amide bonds. The summed E-state index contributed by atoms with van der Waals surface area (Å²) < 4.78 is 28.7. The lowest BCUT2D eigenvalue weighted by atomic mass is 9.97. The summed E-state index contributed by atoms with van der Waals surface area (Å²) in [5, 5.41) is 0. The molecular formula is C31H50O9. The van der Waals surface area contributed by atoms with Crippen molar-refractivity contribution in [2.24, 2.45) is 0 Å². The van der Waals surface area contributed by atoms with Crippen LogP contribution in [0.2, 0.25) is 0 Å². The molecule has 0 N–H and O–H groups in total. The molecule has 0 aromatic carbocycles. The molecule has 5 atom stereocenters. The summed E-state index contributed by atoms with van der Waals surface area (Å²) in [5.74, 6) is 0.235. The molecule has 0 aliphatic carbocycles. The Labute approximate surface area is 240 Å². The molecule has 1 unspecified atom stereocenters. The zero-order valence-corrected chi connectivity index (χ0v) is 25.0. The maximum Gasteiger partial charge on any atom is 0.308 e. The van der Waals surface area contributed by atoms with Gasteiger partial charge in [-0.25, -0.2) is 0 Å². The van der Waals surface area contributed by atoms with Gasteiger partial charge in [-0.15, -0.1) is 6.42 Å². The molecule has 1 fully saturated rings. The van der Waals surface area contributed by atoms with Crippen LogP contribution in [-0.4, -0.2) is 54.6 Å². The van der Waals surface area contributed by atoms with Crippen molar-refractivity contribution < 1.29 is 42.9 Å². The van der Waals surface area contributed by atoms with Crippen LogP contribution in [-0.2, 0) is 42.9 Å². The lowest BCUT2D eigenvalue weighted by molar-refractivity contribution is -0.288. The van der Waals surface area contributed by atoms with Gasteiger partial charge in [-0.05, 0) is 25.7 Å². The van der Waals surface area contributed by atoms with Crippen LogP contribution in [0, 0.1) is 12.3 Å². The molecule has 228 valence electrons. The fourth-order valence-corrected chi connectivity index (χ4v) is 4.33. The van der Waals surface area contributed by atoms with Gasteiger partial charge in [-0.2, -0.15) is 0 Å². The molecule has 1 saturated heterocycles. The number of hydrogen-bond acceptors (Lipinski definition) is 9. The smallest absolute Gasteiger partial charge is 0.308 e. The van der Waals surface area contributed by atoms with E-state index in [1.165, 1.54) is 0 Å². The van der Waals surface area contributed by atoms with E-state index in [9.17, 15) is 19.2 Å². The summed E-state index contributed by atoms with van der Waals surface area (Å²) in [6, 6.07) is 0. The molecule has 40 heavy (non-hydrogen) atoms. The molecule has 0 aromatic rings. The minimum atomic E-state index is -1.42. The van der Waals surface area contributed by atoms with E-state index in [-0.39, 0.29) is 25.7 Å². The monoisotopic (exact) mass is 566 g/mol. The lowest BCUT2D eigenvalue weighted by Crippen LogP contribution is -2.62. The van der Waals surface area contributed by atoms with Gasteiger partial charge in [0.25, 0.3) is 0 Å². The fraction of sp³-hybridized carbons (Fsp3) is 0.806. The summed E-state index contributed by atoms with van der Waals surface area (Å²) in [5.41, 5.74) is 0. The van der Waals surface area contributed by atoms with Gasteiger partial charge < -0.3 is 23.7 Å². The molecule has 0 spiro atoms. The van der Waals surface area contributed by atoms with Gasteiger partial charge in [-0.3, -0.25) is 19.2 Å². The molecule has 9 heteroatoms. The van der Waals surface area contributed by atoms with Crippen molar-refractivity contribution in [1.29, 1.82) is 0 Å². The molecule has 9 nitrogen and oxygen atoms in total. The average molecular weight is 567 g/mol. The number of hydrogen-bond donors (Lipinski definition) is 0. The Morgan fingerprint density at radius 1 is 0.550 bits per heavy atom. The van der Waals surface area contributed by atoms with Crippen LogP contribution in [0.5, 0.6) is 0 Å². The van der Waals surface area contributed by atoms with Crippen molar-refractivity contribution in [2.75, 3.05) is 0 Å². The largest absolute Gasteiger partial charge is 0.454 e. The SMILES string of the molecule is C#C[C@@H]1OC(OC(=O)CCCCC)[C@H](OC(=O)CCCCC)[C@H](OC(=O)CCCCC)[C@@H]1OC(=O)CCCCC. The van der Waals surface area contributed by atoms with E-state index in [2.05, 4.69) is 5.92 Å². The molecule has 0 aromatic heterocycles. The third-order valence-electron chi connectivity index (χ3n) is 6.65. The van der Waals surface area contributed by atoms with E-state index in [1.54, 1.807) is 0 Å². The molecule has 0 saturated carbocycles. The molecule has 0 radical (unpaired) electrons. The normalized spacial score (nSPS) is 22.1. The van der Waals surface area contributed by atoms with Crippen molar-refractivity contribution in [1.82, 2.24) is 0 Å². The highest BCUT2D eigenvalue weighted by Crippen LogP contribution is 2.31.